The zero-order valence-electron chi connectivity index (χ0n) is 22.7. The maximum absolute atomic E-state index is 2.34. The van der Waals surface area contributed by atoms with Gasteiger partial charge in [0.05, 0.1) is 0 Å². The number of hydrogen-bond donors (Lipinski definition) is 0. The Bertz CT molecular complexity index is 694. The topological polar surface area (TPSA) is 0 Å². The largest absolute Gasteiger partial charge is 0.0693 e. The first-order valence-electron chi connectivity index (χ1n) is 12.3. The molecule has 3 aliphatic rings. The summed E-state index contributed by atoms with van der Waals surface area (Å²) in [5, 5.41) is 0. The van der Waals surface area contributed by atoms with Gasteiger partial charge >= 0.3 is 0 Å². The second-order valence-corrected chi connectivity index (χ2v) is 7.74. The molecule has 0 aliphatic heterocycles. The predicted octanol–water partition coefficient (Wildman–Crippen LogP) is 10.6. The Morgan fingerprint density at radius 1 is 0.419 bits per heavy atom. The SMILES string of the molecule is CC.CC.CC.CC1=CC2=C(C=C(C)C2)C1.CC1=CC=C(C)C1.Cc1ccc(C)cc1. The second-order valence-electron chi connectivity index (χ2n) is 7.74. The van der Waals surface area contributed by atoms with Crippen LogP contribution in [-0.4, -0.2) is 0 Å². The highest BCUT2D eigenvalue weighted by atomic mass is 14.2. The van der Waals surface area contributed by atoms with Crippen molar-refractivity contribution in [1.29, 1.82) is 0 Å². The van der Waals surface area contributed by atoms with Gasteiger partial charge in [0.1, 0.15) is 0 Å². The van der Waals surface area contributed by atoms with Crippen LogP contribution >= 0.6 is 0 Å². The van der Waals surface area contributed by atoms with Gasteiger partial charge in [0, 0.05) is 0 Å². The van der Waals surface area contributed by atoms with Crippen LogP contribution in [0.5, 0.6) is 0 Å². The average Bonchev–Trinajstić information content (AvgIpc) is 3.43. The quantitative estimate of drug-likeness (QED) is 0.390. The third-order valence-corrected chi connectivity index (χ3v) is 4.62. The molecule has 0 amide bonds. The van der Waals surface area contributed by atoms with Crippen LogP contribution < -0.4 is 0 Å². The van der Waals surface area contributed by atoms with E-state index in [2.05, 4.69) is 90.1 Å². The molecule has 0 N–H and O–H groups in total. The summed E-state index contributed by atoms with van der Waals surface area (Å²) in [6.07, 6.45) is 12.6. The Labute approximate surface area is 195 Å². The van der Waals surface area contributed by atoms with Crippen molar-refractivity contribution in [3.05, 3.63) is 93.1 Å². The van der Waals surface area contributed by atoms with Crippen molar-refractivity contribution in [2.45, 2.75) is 102 Å². The van der Waals surface area contributed by atoms with Gasteiger partial charge < -0.3 is 0 Å². The molecule has 0 saturated heterocycles. The van der Waals surface area contributed by atoms with E-state index in [4.69, 9.17) is 0 Å². The Balaban J connectivity index is 0. The van der Waals surface area contributed by atoms with Gasteiger partial charge in [-0.15, -0.1) is 0 Å². The van der Waals surface area contributed by atoms with E-state index in [-0.39, 0.29) is 0 Å². The minimum Gasteiger partial charge on any atom is -0.0693 e. The molecule has 0 radical (unpaired) electrons. The third kappa shape index (κ3) is 13.8. The fourth-order valence-electron chi connectivity index (χ4n) is 3.29. The van der Waals surface area contributed by atoms with E-state index in [0.717, 1.165) is 0 Å². The Morgan fingerprint density at radius 2 is 0.710 bits per heavy atom. The summed E-state index contributed by atoms with van der Waals surface area (Å²) in [6, 6.07) is 8.48. The monoisotopic (exact) mass is 422 g/mol. The molecule has 3 aliphatic carbocycles. The van der Waals surface area contributed by atoms with Crippen LogP contribution in [-0.2, 0) is 0 Å². The van der Waals surface area contributed by atoms with E-state index in [1.807, 2.05) is 41.5 Å². The van der Waals surface area contributed by atoms with Gasteiger partial charge in [-0.05, 0) is 72.0 Å². The zero-order chi connectivity index (χ0) is 24.4. The summed E-state index contributed by atoms with van der Waals surface area (Å²) < 4.78 is 0. The average molecular weight is 423 g/mol. The van der Waals surface area contributed by atoms with E-state index >= 15 is 0 Å². The Hall–Kier alpha value is -2.08. The Kier molecular flexibility index (Phi) is 18.7. The van der Waals surface area contributed by atoms with Gasteiger partial charge in [0.25, 0.3) is 0 Å². The van der Waals surface area contributed by atoms with Crippen molar-refractivity contribution in [2.24, 2.45) is 0 Å². The first-order valence-corrected chi connectivity index (χ1v) is 12.3. The van der Waals surface area contributed by atoms with Crippen molar-refractivity contribution in [1.82, 2.24) is 0 Å². The standard InChI is InChI=1S/C10H12.C8H10.C7H10.3C2H6/c1-7-3-9-5-8(2)6-10(9)4-7;1-7-3-5-8(2)6-4-7;1-6-3-4-7(2)5-6;3*1-2/h3,6H,4-5H2,1-2H3;3-6H,1-2H3;3-4H,5H2,1-2H3;3*1-2H3. The zero-order valence-corrected chi connectivity index (χ0v) is 22.7. The van der Waals surface area contributed by atoms with Crippen LogP contribution in [0.25, 0.3) is 0 Å². The molecule has 0 saturated carbocycles. The first-order chi connectivity index (χ1) is 14.8. The summed E-state index contributed by atoms with van der Waals surface area (Å²) in [4.78, 5) is 0. The van der Waals surface area contributed by atoms with Crippen LogP contribution in [0.3, 0.4) is 0 Å². The molecule has 0 bridgehead atoms. The molecule has 1 aromatic rings. The third-order valence-electron chi connectivity index (χ3n) is 4.62. The normalized spacial score (nSPS) is 14.7. The minimum atomic E-state index is 1.19. The molecule has 0 unspecified atom stereocenters. The number of allylic oxidation sites excluding steroid dienone is 10. The van der Waals surface area contributed by atoms with Gasteiger partial charge in [-0.3, -0.25) is 0 Å². The fraction of sp³-hybridized carbons (Fsp3) is 0.484. The second kappa shape index (κ2) is 18.7. The van der Waals surface area contributed by atoms with Crippen molar-refractivity contribution in [3.8, 4) is 0 Å². The van der Waals surface area contributed by atoms with Crippen LogP contribution in [0.15, 0.2) is 82.0 Å². The van der Waals surface area contributed by atoms with Gasteiger partial charge in [-0.2, -0.15) is 0 Å². The maximum Gasteiger partial charge on any atom is -0.00638 e. The summed E-state index contributed by atoms with van der Waals surface area (Å²) >= 11 is 0. The molecule has 0 heterocycles. The highest BCUT2D eigenvalue weighted by Gasteiger charge is 2.16. The smallest absolute Gasteiger partial charge is 0.00638 e. The highest BCUT2D eigenvalue weighted by molar-refractivity contribution is 5.51. The molecule has 0 heteroatoms. The first kappa shape index (κ1) is 31.1. The number of aryl methyl sites for hydroxylation is 2. The van der Waals surface area contributed by atoms with Crippen LogP contribution in [0.1, 0.15) is 99.6 Å². The van der Waals surface area contributed by atoms with Gasteiger partial charge in [-0.25, -0.2) is 0 Å². The lowest BCUT2D eigenvalue weighted by atomic mass is 10.1. The lowest BCUT2D eigenvalue weighted by Gasteiger charge is -1.92. The molecule has 31 heavy (non-hydrogen) atoms. The Morgan fingerprint density at radius 3 is 0.935 bits per heavy atom. The molecule has 4 rings (SSSR count). The summed E-state index contributed by atoms with van der Waals surface area (Å²) in [7, 11) is 0. The van der Waals surface area contributed by atoms with Crippen molar-refractivity contribution < 1.29 is 0 Å². The van der Waals surface area contributed by atoms with E-state index < -0.39 is 0 Å². The van der Waals surface area contributed by atoms with Crippen LogP contribution in [0.4, 0.5) is 0 Å². The minimum absolute atomic E-state index is 1.19. The van der Waals surface area contributed by atoms with Gasteiger partial charge in [0.15, 0.2) is 0 Å². The van der Waals surface area contributed by atoms with Gasteiger partial charge in [0.2, 0.25) is 0 Å². The molecule has 1 aromatic carbocycles. The molecular weight excluding hydrogens is 372 g/mol. The number of rotatable bonds is 0. The fourth-order valence-corrected chi connectivity index (χ4v) is 3.29. The van der Waals surface area contributed by atoms with Crippen molar-refractivity contribution in [2.75, 3.05) is 0 Å². The molecule has 0 spiro atoms. The molecule has 0 fully saturated rings. The summed E-state index contributed by atoms with van der Waals surface area (Å²) in [6.45, 7) is 24.9. The van der Waals surface area contributed by atoms with E-state index in [1.165, 1.54) is 52.7 Å². The van der Waals surface area contributed by atoms with Crippen molar-refractivity contribution in [3.63, 3.8) is 0 Å². The lowest BCUT2D eigenvalue weighted by Crippen LogP contribution is -1.72. The maximum atomic E-state index is 2.34. The molecular formula is C31H50. The predicted molar refractivity (Wildman–Crippen MR) is 146 cm³/mol. The van der Waals surface area contributed by atoms with Gasteiger partial charge in [-0.1, -0.05) is 124 Å². The summed E-state index contributed by atoms with van der Waals surface area (Å²) in [5.74, 6) is 0. The highest BCUT2D eigenvalue weighted by Crippen LogP contribution is 2.35. The van der Waals surface area contributed by atoms with E-state index in [0.29, 0.717) is 0 Å². The molecule has 174 valence electrons. The molecule has 0 atom stereocenters. The van der Waals surface area contributed by atoms with Crippen molar-refractivity contribution >= 4 is 0 Å². The molecule has 0 nitrogen and oxygen atoms in total. The van der Waals surface area contributed by atoms with E-state index in [9.17, 15) is 0 Å². The van der Waals surface area contributed by atoms with E-state index in [1.54, 1.807) is 11.1 Å². The van der Waals surface area contributed by atoms with Crippen LogP contribution in [0, 0.1) is 13.8 Å². The summed E-state index contributed by atoms with van der Waals surface area (Å²) in [5.41, 5.74) is 11.8. The van der Waals surface area contributed by atoms with Crippen LogP contribution in [0.2, 0.25) is 0 Å². The number of benzene rings is 1. The number of hydrogen-bond acceptors (Lipinski definition) is 0. The molecule has 0 aromatic heterocycles. The lowest BCUT2D eigenvalue weighted by molar-refractivity contribution is 1.15.